The molecule has 27 heteroatoms. The molecule has 0 saturated heterocycles. The van der Waals surface area contributed by atoms with Crippen molar-refractivity contribution in [2.24, 2.45) is 5.73 Å². The van der Waals surface area contributed by atoms with Crippen LogP contribution in [0.1, 0.15) is 94.9 Å². The molecule has 3 aromatic carbocycles. The second-order valence-electron chi connectivity index (χ2n) is 18.0. The van der Waals surface area contributed by atoms with Crippen molar-refractivity contribution in [2.75, 3.05) is 49.2 Å². The van der Waals surface area contributed by atoms with Crippen LogP contribution in [0.3, 0.4) is 0 Å². The highest BCUT2D eigenvalue weighted by Gasteiger charge is 2.36. The van der Waals surface area contributed by atoms with Crippen molar-refractivity contribution >= 4 is 88.8 Å². The molecule has 4 amide bonds. The van der Waals surface area contributed by atoms with Gasteiger partial charge in [0.2, 0.25) is 39.1 Å². The van der Waals surface area contributed by atoms with E-state index in [9.17, 15) is 31.8 Å². The molecular weight excluding hydrogens is 1060 g/mol. The third-order valence-corrected chi connectivity index (χ3v) is 17.0. The van der Waals surface area contributed by atoms with Crippen molar-refractivity contribution < 1.29 is 31.8 Å². The summed E-state index contributed by atoms with van der Waals surface area (Å²) in [5, 5.41) is 17.9. The minimum Gasteiger partial charge on any atom is -0.383 e. The Bertz CT molecular complexity index is 3730. The van der Waals surface area contributed by atoms with E-state index in [0.29, 0.717) is 69.2 Å². The first-order chi connectivity index (χ1) is 37.1. The van der Waals surface area contributed by atoms with E-state index >= 15 is 0 Å². The van der Waals surface area contributed by atoms with E-state index in [4.69, 9.17) is 43.0 Å². The van der Waals surface area contributed by atoms with E-state index in [1.54, 1.807) is 60.7 Å². The third kappa shape index (κ3) is 12.7. The fourth-order valence-corrected chi connectivity index (χ4v) is 11.9. The molecule has 9 rings (SSSR count). The van der Waals surface area contributed by atoms with Crippen LogP contribution in [-0.2, 0) is 83.5 Å². The van der Waals surface area contributed by atoms with Crippen LogP contribution < -0.4 is 37.6 Å². The summed E-state index contributed by atoms with van der Waals surface area (Å²) < 4.78 is 53.3. The second kappa shape index (κ2) is 24.0. The maximum Gasteiger partial charge on any atom is 0.248 e. The van der Waals surface area contributed by atoms with Gasteiger partial charge in [0.25, 0.3) is 0 Å². The summed E-state index contributed by atoms with van der Waals surface area (Å²) in [5.41, 5.74) is 28.3. The van der Waals surface area contributed by atoms with Crippen LogP contribution in [0, 0.1) is 32.2 Å². The molecule has 6 aromatic rings. The van der Waals surface area contributed by atoms with Gasteiger partial charge in [-0.25, -0.2) is 47.9 Å². The summed E-state index contributed by atoms with van der Waals surface area (Å²) in [6.07, 6.45) is 2.03. The van der Waals surface area contributed by atoms with Crippen molar-refractivity contribution in [3.05, 3.63) is 123 Å². The first-order valence-corrected chi connectivity index (χ1v) is 29.1. The van der Waals surface area contributed by atoms with Gasteiger partial charge in [-0.3, -0.25) is 38.1 Å². The van der Waals surface area contributed by atoms with E-state index in [1.165, 1.54) is 14.7 Å². The highest BCUT2D eigenvalue weighted by atomic mass is 32.2. The fourth-order valence-electron chi connectivity index (χ4n) is 8.45. The first kappa shape index (κ1) is 56.9. The number of hydrogen-bond acceptors (Lipinski definition) is 20. The molecule has 6 heterocycles. The molecule has 404 valence electrons. The average Bonchev–Trinajstić information content (AvgIpc) is 4.18. The highest BCUT2D eigenvalue weighted by molar-refractivity contribution is 7.92. The SMILES string of the molecule is CCCS(=N)(=O)c1nc(N)c2c(n1)N(Cc1cccc(C#N)c1)C(=O)C2.CCCS(=N)(=O)c1nc(N)c2c(n1)N(Cc1cccc(C(N)=O)c1)C(=O)C2.CCCS(=O)c1nc(N)c2c(n1)N(Cc1cccc(C#N)c1)C(=O)C2. The Hall–Kier alpha value is -8.79. The summed E-state index contributed by atoms with van der Waals surface area (Å²) in [7, 11) is -7.70. The molecule has 78 heavy (non-hydrogen) atoms. The lowest BCUT2D eigenvalue weighted by Crippen LogP contribution is -2.27. The van der Waals surface area contributed by atoms with Crippen LogP contribution in [0.2, 0.25) is 0 Å². The number of nitrogens with one attached hydrogen (secondary N) is 2. The highest BCUT2D eigenvalue weighted by Crippen LogP contribution is 2.36. The van der Waals surface area contributed by atoms with Crippen molar-refractivity contribution in [1.29, 1.82) is 20.1 Å². The molecule has 24 nitrogen and oxygen atoms in total. The first-order valence-electron chi connectivity index (χ1n) is 24.3. The van der Waals surface area contributed by atoms with Crippen molar-refractivity contribution in [2.45, 2.75) is 94.4 Å². The van der Waals surface area contributed by atoms with Gasteiger partial charge in [-0.05, 0) is 72.4 Å². The summed E-state index contributed by atoms with van der Waals surface area (Å²) in [5.74, 6) is 0.871. The van der Waals surface area contributed by atoms with E-state index in [0.717, 1.165) is 17.5 Å². The second-order valence-corrected chi connectivity index (χ2v) is 23.8. The lowest BCUT2D eigenvalue weighted by Gasteiger charge is -2.18. The number of carbonyl (C=O) groups excluding carboxylic acids is 4. The van der Waals surface area contributed by atoms with Gasteiger partial charge >= 0.3 is 0 Å². The number of nitrogen functional groups attached to an aromatic ring is 3. The number of fused-ring (bicyclic) bond motifs is 3. The van der Waals surface area contributed by atoms with Gasteiger partial charge in [-0.15, -0.1) is 0 Å². The van der Waals surface area contributed by atoms with Crippen molar-refractivity contribution in [3.8, 4) is 12.1 Å². The summed E-state index contributed by atoms with van der Waals surface area (Å²) in [6.45, 7) is 6.19. The minimum absolute atomic E-state index is 0.0317. The Morgan fingerprint density at radius 3 is 1.37 bits per heavy atom. The Morgan fingerprint density at radius 2 is 0.987 bits per heavy atom. The number of aromatic nitrogens is 6. The fraction of sp³-hybridized carbons (Fsp3) is 0.294. The molecule has 0 radical (unpaired) electrons. The number of anilines is 6. The standard InChI is InChI=1S/C17H20N6O3S.C17H18N6O2S.C17H17N5O2S/c1-2-6-27(20,26)17-21-14(18)12-8-13(24)23(16(12)22-17)9-10-4-3-5-11(7-10)15(19)25;1-2-6-26(20,25)17-21-15(19)13-8-14(24)23(16(13)22-17)10-12-5-3-4-11(7-12)9-18;1-2-6-25(24)17-20-15(19)13-8-14(23)22(16(13)21-17)10-12-5-3-4-11(7-12)9-18/h3-5,7,20H,2,6,8-9H2,1H3,(H2,19,25)(H2,18,21,22);3-5,7,20H,2,6,8,10H2,1H3,(H2,19,21,22);3-5,7H,2,6,8,10H2,1H3,(H2,19,20,21). The number of primary amides is 1. The molecule has 3 aromatic heterocycles. The van der Waals surface area contributed by atoms with Gasteiger partial charge in [0, 0.05) is 39.5 Å². The number of nitriles is 2. The van der Waals surface area contributed by atoms with Gasteiger partial charge in [0.1, 0.15) is 54.4 Å². The summed E-state index contributed by atoms with van der Waals surface area (Å²) >= 11 is 0. The number of amides is 4. The number of nitrogens with zero attached hydrogens (tertiary/aromatic N) is 11. The zero-order chi connectivity index (χ0) is 56.6. The maximum atomic E-state index is 12.5. The monoisotopic (exact) mass is 1110 g/mol. The van der Waals surface area contributed by atoms with Gasteiger partial charge in [0.05, 0.1) is 73.0 Å². The topological polar surface area (TPSA) is 406 Å². The van der Waals surface area contributed by atoms with Crippen molar-refractivity contribution in [1.82, 2.24) is 29.9 Å². The molecule has 3 aliphatic rings. The smallest absolute Gasteiger partial charge is 0.248 e. The molecule has 0 spiro atoms. The summed E-state index contributed by atoms with van der Waals surface area (Å²) in [4.78, 5) is 78.1. The number of hydrogen-bond donors (Lipinski definition) is 6. The zero-order valence-electron chi connectivity index (χ0n) is 42.7. The number of carbonyl (C=O) groups is 4. The van der Waals surface area contributed by atoms with Crippen molar-refractivity contribution in [3.63, 3.8) is 0 Å². The Kier molecular flexibility index (Phi) is 17.5. The number of benzene rings is 3. The molecule has 3 unspecified atom stereocenters. The predicted molar refractivity (Wildman–Crippen MR) is 291 cm³/mol. The Balaban J connectivity index is 0.000000170. The molecule has 3 aliphatic heterocycles. The molecule has 10 N–H and O–H groups in total. The minimum atomic E-state index is -3.19. The van der Waals surface area contributed by atoms with Gasteiger partial charge < -0.3 is 22.9 Å². The predicted octanol–water partition coefficient (Wildman–Crippen LogP) is 4.44. The molecular formula is C51H55N17O7S3. The largest absolute Gasteiger partial charge is 0.383 e. The Morgan fingerprint density at radius 1 is 0.603 bits per heavy atom. The van der Waals surface area contributed by atoms with Crippen LogP contribution in [0.15, 0.2) is 88.3 Å². The zero-order valence-corrected chi connectivity index (χ0v) is 45.2. The lowest BCUT2D eigenvalue weighted by atomic mass is 10.1. The van der Waals surface area contributed by atoms with E-state index in [1.807, 2.05) is 32.9 Å². The van der Waals surface area contributed by atoms with E-state index in [-0.39, 0.29) is 107 Å². The average molecular weight is 1110 g/mol. The normalized spacial score (nSPS) is 15.0. The van der Waals surface area contributed by atoms with Gasteiger partial charge in [-0.2, -0.15) is 10.5 Å². The number of nitrogens with two attached hydrogens (primary N) is 4. The van der Waals surface area contributed by atoms with E-state index in [2.05, 4.69) is 42.0 Å². The van der Waals surface area contributed by atoms with Crippen LogP contribution in [0.4, 0.5) is 34.9 Å². The van der Waals surface area contributed by atoms with Crippen LogP contribution in [0.5, 0.6) is 0 Å². The molecule has 3 atom stereocenters. The molecule has 0 bridgehead atoms. The van der Waals surface area contributed by atoms with E-state index < -0.39 is 36.2 Å². The summed E-state index contributed by atoms with van der Waals surface area (Å²) in [6, 6.07) is 24.7. The van der Waals surface area contributed by atoms with Crippen LogP contribution in [0.25, 0.3) is 0 Å². The third-order valence-electron chi connectivity index (χ3n) is 12.2. The molecule has 0 aliphatic carbocycles. The lowest BCUT2D eigenvalue weighted by molar-refractivity contribution is -0.118. The van der Waals surface area contributed by atoms with Gasteiger partial charge in [-0.1, -0.05) is 57.2 Å². The molecule has 0 saturated carbocycles. The quantitative estimate of drug-likeness (QED) is 0.0730. The van der Waals surface area contributed by atoms with Crippen LogP contribution in [-0.4, -0.2) is 83.4 Å². The molecule has 0 fully saturated rings. The number of rotatable bonds is 16. The Labute approximate surface area is 452 Å². The van der Waals surface area contributed by atoms with Crippen LogP contribution >= 0.6 is 0 Å². The van der Waals surface area contributed by atoms with Gasteiger partial charge in [0.15, 0.2) is 0 Å². The maximum absolute atomic E-state index is 12.5.